The van der Waals surface area contributed by atoms with Gasteiger partial charge in [-0.1, -0.05) is 83.9 Å². The monoisotopic (exact) mass is 591 g/mol. The number of hydroxylamine groups is 1. The lowest BCUT2D eigenvalue weighted by Gasteiger charge is -2.46. The zero-order valence-corrected chi connectivity index (χ0v) is 23.2. The summed E-state index contributed by atoms with van der Waals surface area (Å²) in [5, 5.41) is 22.6. The number of aliphatic hydroxyl groups excluding tert-OH is 2. The molecule has 1 aromatic heterocycles. The number of fused-ring (bicyclic) bond motifs is 1. The summed E-state index contributed by atoms with van der Waals surface area (Å²) >= 11 is 12.9. The number of aliphatic hydroxyl groups is 2. The van der Waals surface area contributed by atoms with Crippen molar-refractivity contribution in [3.05, 3.63) is 135 Å². The van der Waals surface area contributed by atoms with Crippen LogP contribution in [0.3, 0.4) is 0 Å². The molecular weight excluding hydrogens is 565 g/mol. The number of pyridine rings is 1. The van der Waals surface area contributed by atoms with Crippen molar-refractivity contribution in [3.8, 4) is 0 Å². The lowest BCUT2D eigenvalue weighted by Crippen LogP contribution is -2.54. The van der Waals surface area contributed by atoms with Gasteiger partial charge in [-0.25, -0.2) is 5.48 Å². The molecule has 0 bridgehead atoms. The van der Waals surface area contributed by atoms with Crippen LogP contribution in [-0.2, 0) is 16.2 Å². The van der Waals surface area contributed by atoms with Crippen LogP contribution in [0.15, 0.2) is 97.2 Å². The van der Waals surface area contributed by atoms with Crippen LogP contribution in [0.1, 0.15) is 50.8 Å². The van der Waals surface area contributed by atoms with E-state index >= 15 is 0 Å². The second-order valence-corrected chi connectivity index (χ2v) is 10.4. The van der Waals surface area contributed by atoms with E-state index in [0.29, 0.717) is 27.4 Å². The van der Waals surface area contributed by atoms with Crippen molar-refractivity contribution >= 4 is 35.0 Å². The van der Waals surface area contributed by atoms with E-state index in [1.54, 1.807) is 91.1 Å². The molecule has 0 unspecified atom stereocenters. The van der Waals surface area contributed by atoms with Crippen LogP contribution in [0.5, 0.6) is 0 Å². The molecule has 10 heteroatoms. The minimum atomic E-state index is -1.27. The Morgan fingerprint density at radius 2 is 1.71 bits per heavy atom. The van der Waals surface area contributed by atoms with Crippen molar-refractivity contribution in [1.82, 2.24) is 15.4 Å². The van der Waals surface area contributed by atoms with E-state index in [4.69, 9.17) is 28.0 Å². The number of halogens is 2. The molecule has 4 aromatic rings. The Hall–Kier alpha value is -3.79. The maximum absolute atomic E-state index is 14.1. The van der Waals surface area contributed by atoms with Crippen LogP contribution in [-0.4, -0.2) is 44.6 Å². The fourth-order valence-corrected chi connectivity index (χ4v) is 5.73. The fraction of sp³-hybridized carbons (Fsp3) is 0.194. The molecule has 3 aromatic carbocycles. The van der Waals surface area contributed by atoms with Crippen molar-refractivity contribution in [2.75, 3.05) is 6.61 Å². The predicted molar refractivity (Wildman–Crippen MR) is 154 cm³/mol. The van der Waals surface area contributed by atoms with E-state index < -0.39 is 42.5 Å². The smallest absolute Gasteiger partial charge is 0.255 e. The van der Waals surface area contributed by atoms with Gasteiger partial charge < -0.3 is 15.1 Å². The minimum Gasteiger partial charge on any atom is -0.394 e. The van der Waals surface area contributed by atoms with Crippen LogP contribution >= 0.6 is 23.2 Å². The van der Waals surface area contributed by atoms with Crippen LogP contribution in [0, 0.1) is 0 Å². The highest BCUT2D eigenvalue weighted by molar-refractivity contribution is 6.35. The summed E-state index contributed by atoms with van der Waals surface area (Å²) in [6.07, 6.45) is 0.348. The third kappa shape index (κ3) is 5.98. The van der Waals surface area contributed by atoms with E-state index in [2.05, 4.69) is 10.5 Å². The van der Waals surface area contributed by atoms with Gasteiger partial charge in [0.05, 0.1) is 30.3 Å². The van der Waals surface area contributed by atoms with Crippen LogP contribution in [0.2, 0.25) is 10.0 Å². The van der Waals surface area contributed by atoms with Gasteiger partial charge in [-0.05, 0) is 47.0 Å². The zero-order valence-electron chi connectivity index (χ0n) is 21.7. The molecule has 0 saturated carbocycles. The van der Waals surface area contributed by atoms with Crippen molar-refractivity contribution < 1.29 is 24.6 Å². The number of nitrogens with one attached hydrogen (secondary N) is 1. The molecule has 1 aliphatic heterocycles. The number of hydrogen-bond acceptors (Lipinski definition) is 6. The zero-order chi connectivity index (χ0) is 28.9. The molecule has 0 aliphatic carbocycles. The maximum atomic E-state index is 14.1. The number of amides is 2. The van der Waals surface area contributed by atoms with Gasteiger partial charge in [0, 0.05) is 21.8 Å². The van der Waals surface area contributed by atoms with Gasteiger partial charge in [-0.15, -0.1) is 0 Å². The van der Waals surface area contributed by atoms with Gasteiger partial charge in [0.2, 0.25) is 0 Å². The molecule has 1 aliphatic rings. The summed E-state index contributed by atoms with van der Waals surface area (Å²) in [7, 11) is 0. The van der Waals surface area contributed by atoms with E-state index in [0.717, 1.165) is 0 Å². The van der Waals surface area contributed by atoms with Gasteiger partial charge in [0.15, 0.2) is 0 Å². The molecule has 2 amide bonds. The third-order valence-corrected chi connectivity index (χ3v) is 7.67. The fourth-order valence-electron chi connectivity index (χ4n) is 5.21. The lowest BCUT2D eigenvalue weighted by molar-refractivity contribution is -0.138. The van der Waals surface area contributed by atoms with Crippen molar-refractivity contribution in [3.63, 3.8) is 0 Å². The number of nitrogens with zero attached hydrogens (tertiary/aromatic N) is 2. The first-order valence-electron chi connectivity index (χ1n) is 12.9. The van der Waals surface area contributed by atoms with Gasteiger partial charge >= 0.3 is 0 Å². The van der Waals surface area contributed by atoms with Crippen LogP contribution < -0.4 is 5.48 Å². The molecule has 8 nitrogen and oxygen atoms in total. The largest absolute Gasteiger partial charge is 0.394 e. The third-order valence-electron chi connectivity index (χ3n) is 7.11. The molecule has 5 rings (SSSR count). The molecular formula is C31H27Cl2N3O5. The molecule has 0 radical (unpaired) electrons. The number of aromatic nitrogens is 1. The highest BCUT2D eigenvalue weighted by Gasteiger charge is 2.48. The Balaban J connectivity index is 1.61. The summed E-state index contributed by atoms with van der Waals surface area (Å²) in [4.78, 5) is 39.1. The second-order valence-electron chi connectivity index (χ2n) is 9.57. The van der Waals surface area contributed by atoms with E-state index in [-0.39, 0.29) is 17.2 Å². The van der Waals surface area contributed by atoms with Crippen LogP contribution in [0.25, 0.3) is 0 Å². The van der Waals surface area contributed by atoms with Crippen molar-refractivity contribution in [2.24, 2.45) is 0 Å². The van der Waals surface area contributed by atoms with Gasteiger partial charge in [-0.2, -0.15) is 0 Å². The molecule has 3 N–H and O–H groups in total. The highest BCUT2D eigenvalue weighted by Crippen LogP contribution is 2.47. The quantitative estimate of drug-likeness (QED) is 0.236. The predicted octanol–water partition coefficient (Wildman–Crippen LogP) is 5.01. The van der Waals surface area contributed by atoms with E-state index in [9.17, 15) is 19.8 Å². The molecule has 0 fully saturated rings. The normalized spacial score (nSPS) is 18.0. The number of carbonyl (C=O) groups is 2. The Labute approximate surface area is 247 Å². The van der Waals surface area contributed by atoms with Gasteiger partial charge in [0.25, 0.3) is 11.8 Å². The van der Waals surface area contributed by atoms with E-state index in [1.807, 2.05) is 0 Å². The molecule has 0 saturated heterocycles. The Bertz CT molecular complexity index is 1520. The molecule has 2 heterocycles. The lowest BCUT2D eigenvalue weighted by atomic mass is 9.78. The topological polar surface area (TPSA) is 112 Å². The van der Waals surface area contributed by atoms with Gasteiger partial charge in [-0.3, -0.25) is 19.4 Å². The first-order valence-corrected chi connectivity index (χ1v) is 13.7. The minimum absolute atomic E-state index is 0.0158. The summed E-state index contributed by atoms with van der Waals surface area (Å²) in [5.74, 6) is -2.04. The molecule has 41 heavy (non-hydrogen) atoms. The SMILES string of the molecule is O=C(NOCc1ccccn1)[C@@H]1c2ccccc2C(=O)N([C@@H](CO)[C@@H](O)c2ccccc2)[C@H]1c1ccc(Cl)cc1Cl. The van der Waals surface area contributed by atoms with Gasteiger partial charge in [0.1, 0.15) is 12.7 Å². The average Bonchev–Trinajstić information content (AvgIpc) is 2.99. The number of carbonyl (C=O) groups excluding carboxylic acids is 2. The number of rotatable bonds is 9. The summed E-state index contributed by atoms with van der Waals surface area (Å²) in [6.45, 7) is -0.571. The summed E-state index contributed by atoms with van der Waals surface area (Å²) in [5.41, 5.74) is 4.76. The first kappa shape index (κ1) is 28.7. The number of hydrogen-bond donors (Lipinski definition) is 3. The Morgan fingerprint density at radius 3 is 2.41 bits per heavy atom. The Kier molecular flexibility index (Phi) is 8.97. The highest BCUT2D eigenvalue weighted by atomic mass is 35.5. The standard InChI is InChI=1S/C31H27Cl2N3O5/c32-20-13-14-24(25(33)16-20)28-27(30(39)35-41-18-21-10-6-7-15-34-21)22-11-4-5-12-23(22)31(40)36(28)26(17-37)29(38)19-8-2-1-3-9-19/h1-16,26-29,37-38H,17-18H2,(H,35,39)/t26-,27+,28-,29-/m0/s1. The summed E-state index contributed by atoms with van der Waals surface area (Å²) in [6, 6.07) is 23.4. The maximum Gasteiger partial charge on any atom is 0.255 e. The Morgan fingerprint density at radius 1 is 0.976 bits per heavy atom. The van der Waals surface area contributed by atoms with Crippen molar-refractivity contribution in [1.29, 1.82) is 0 Å². The van der Waals surface area contributed by atoms with E-state index in [1.165, 1.54) is 11.0 Å². The molecule has 210 valence electrons. The number of benzene rings is 3. The molecule has 0 spiro atoms. The second kappa shape index (κ2) is 12.8. The first-order chi connectivity index (χ1) is 19.9. The summed E-state index contributed by atoms with van der Waals surface area (Å²) < 4.78 is 0. The average molecular weight is 592 g/mol. The van der Waals surface area contributed by atoms with Crippen molar-refractivity contribution in [2.45, 2.75) is 30.7 Å². The van der Waals surface area contributed by atoms with Crippen LogP contribution in [0.4, 0.5) is 0 Å². The molecule has 4 atom stereocenters.